The molecular formula is C16H12. The lowest BCUT2D eigenvalue weighted by Crippen LogP contribution is -1.86. The van der Waals surface area contributed by atoms with Crippen LogP contribution < -0.4 is 0 Å². The number of allylic oxidation sites excluding steroid dienone is 4. The van der Waals surface area contributed by atoms with Gasteiger partial charge in [-0.05, 0) is 45.9 Å². The summed E-state index contributed by atoms with van der Waals surface area (Å²) in [4.78, 5) is 0. The molecule has 0 bridgehead atoms. The minimum absolute atomic E-state index is 1.18. The first-order valence-electron chi connectivity index (χ1n) is 5.87. The lowest BCUT2D eigenvalue weighted by Gasteiger charge is -2.09. The van der Waals surface area contributed by atoms with Gasteiger partial charge in [-0.3, -0.25) is 0 Å². The fourth-order valence-electron chi connectivity index (χ4n) is 3.01. The average molecular weight is 204 g/mol. The third kappa shape index (κ3) is 0.898. The smallest absolute Gasteiger partial charge is 0.00297 e. The molecule has 0 spiro atoms. The maximum Gasteiger partial charge on any atom is -0.00297 e. The largest absolute Gasteiger partial charge is 0.0836 e. The normalized spacial score (nSPS) is 17.0. The molecule has 76 valence electrons. The molecule has 2 aromatic carbocycles. The van der Waals surface area contributed by atoms with Gasteiger partial charge in [-0.1, -0.05) is 48.6 Å². The maximum atomic E-state index is 2.30. The Kier molecular flexibility index (Phi) is 1.49. The molecular weight excluding hydrogens is 192 g/mol. The van der Waals surface area contributed by atoms with Gasteiger partial charge in [0.2, 0.25) is 0 Å². The second kappa shape index (κ2) is 2.85. The summed E-state index contributed by atoms with van der Waals surface area (Å²) < 4.78 is 0. The van der Waals surface area contributed by atoms with E-state index in [0.717, 1.165) is 0 Å². The van der Waals surface area contributed by atoms with Gasteiger partial charge in [0.05, 0.1) is 0 Å². The molecule has 4 rings (SSSR count). The first-order chi connectivity index (χ1) is 7.95. The zero-order valence-electron chi connectivity index (χ0n) is 9.03. The number of hydrogen-bond acceptors (Lipinski definition) is 0. The summed E-state index contributed by atoms with van der Waals surface area (Å²) in [5.74, 6) is 0. The molecule has 2 aromatic rings. The molecule has 0 atom stereocenters. The van der Waals surface area contributed by atoms with Gasteiger partial charge in [0.25, 0.3) is 0 Å². The van der Waals surface area contributed by atoms with Crippen molar-refractivity contribution < 1.29 is 0 Å². The zero-order chi connectivity index (χ0) is 10.5. The van der Waals surface area contributed by atoms with Crippen LogP contribution >= 0.6 is 0 Å². The van der Waals surface area contributed by atoms with Crippen molar-refractivity contribution in [3.05, 3.63) is 59.7 Å². The Morgan fingerprint density at radius 1 is 0.875 bits per heavy atom. The van der Waals surface area contributed by atoms with E-state index in [1.807, 2.05) is 0 Å². The van der Waals surface area contributed by atoms with E-state index in [1.165, 1.54) is 40.3 Å². The van der Waals surface area contributed by atoms with Crippen molar-refractivity contribution >= 4 is 21.9 Å². The van der Waals surface area contributed by atoms with Crippen LogP contribution in [0.4, 0.5) is 0 Å². The van der Waals surface area contributed by atoms with Crippen LogP contribution in [0.1, 0.15) is 24.0 Å². The molecule has 0 amide bonds. The van der Waals surface area contributed by atoms with Crippen LogP contribution in [-0.2, 0) is 0 Å². The highest BCUT2D eigenvalue weighted by Crippen LogP contribution is 2.45. The molecule has 0 N–H and O–H groups in total. The second-order valence-electron chi connectivity index (χ2n) is 4.54. The number of rotatable bonds is 0. The van der Waals surface area contributed by atoms with E-state index in [9.17, 15) is 0 Å². The van der Waals surface area contributed by atoms with E-state index in [4.69, 9.17) is 0 Å². The molecule has 16 heavy (non-hydrogen) atoms. The topological polar surface area (TPSA) is 0 Å². The van der Waals surface area contributed by atoms with Crippen LogP contribution in [0.25, 0.3) is 21.9 Å². The number of fused-ring (bicyclic) bond motifs is 2. The number of hydrogen-bond donors (Lipinski definition) is 0. The minimum atomic E-state index is 1.18. The van der Waals surface area contributed by atoms with Crippen molar-refractivity contribution in [2.45, 2.75) is 12.8 Å². The van der Waals surface area contributed by atoms with Crippen molar-refractivity contribution in [2.24, 2.45) is 0 Å². The first kappa shape index (κ1) is 8.35. The highest BCUT2D eigenvalue weighted by Gasteiger charge is 2.22. The Balaban J connectivity index is 2.20. The Morgan fingerprint density at radius 2 is 1.69 bits per heavy atom. The van der Waals surface area contributed by atoms with Gasteiger partial charge >= 0.3 is 0 Å². The van der Waals surface area contributed by atoms with Gasteiger partial charge in [0.1, 0.15) is 0 Å². The summed E-state index contributed by atoms with van der Waals surface area (Å²) in [5, 5.41) is 2.83. The van der Waals surface area contributed by atoms with Crippen LogP contribution in [0.3, 0.4) is 0 Å². The van der Waals surface area contributed by atoms with Crippen molar-refractivity contribution in [3.63, 3.8) is 0 Å². The van der Waals surface area contributed by atoms with Crippen LogP contribution in [-0.4, -0.2) is 0 Å². The van der Waals surface area contributed by atoms with E-state index in [-0.39, 0.29) is 0 Å². The molecule has 0 heterocycles. The minimum Gasteiger partial charge on any atom is -0.0836 e. The van der Waals surface area contributed by atoms with Crippen molar-refractivity contribution in [1.82, 2.24) is 0 Å². The van der Waals surface area contributed by atoms with Crippen molar-refractivity contribution in [2.75, 3.05) is 0 Å². The van der Waals surface area contributed by atoms with E-state index in [0.29, 0.717) is 0 Å². The summed E-state index contributed by atoms with van der Waals surface area (Å²) in [6, 6.07) is 13.3. The fourth-order valence-corrected chi connectivity index (χ4v) is 3.01. The zero-order valence-corrected chi connectivity index (χ0v) is 9.03. The Hall–Kier alpha value is -1.82. The molecule has 0 saturated heterocycles. The van der Waals surface area contributed by atoms with Crippen molar-refractivity contribution in [1.29, 1.82) is 0 Å². The fraction of sp³-hybridized carbons (Fsp3) is 0.125. The summed E-state index contributed by atoms with van der Waals surface area (Å²) in [6.45, 7) is 0. The van der Waals surface area contributed by atoms with Gasteiger partial charge < -0.3 is 0 Å². The molecule has 0 saturated carbocycles. The molecule has 2 aliphatic carbocycles. The summed E-state index contributed by atoms with van der Waals surface area (Å²) in [7, 11) is 0. The van der Waals surface area contributed by atoms with Crippen molar-refractivity contribution in [3.8, 4) is 0 Å². The second-order valence-corrected chi connectivity index (χ2v) is 4.54. The molecule has 0 aliphatic heterocycles. The third-order valence-corrected chi connectivity index (χ3v) is 3.69. The van der Waals surface area contributed by atoms with E-state index in [1.54, 1.807) is 5.57 Å². The van der Waals surface area contributed by atoms with E-state index >= 15 is 0 Å². The van der Waals surface area contributed by atoms with Gasteiger partial charge in [-0.25, -0.2) is 0 Å². The Labute approximate surface area is 94.9 Å². The molecule has 2 aliphatic rings. The Morgan fingerprint density at radius 3 is 2.56 bits per heavy atom. The van der Waals surface area contributed by atoms with Crippen LogP contribution in [0.5, 0.6) is 0 Å². The molecule has 0 unspecified atom stereocenters. The SMILES string of the molecule is C1=CC2=C(CC1)c1cccc3cccc2c13. The standard InChI is InChI=1S/C16H12/c1-2-8-13-12(7-1)14-9-3-5-11-6-4-10-15(13)16(11)14/h1,3-7,9-10H,2,8H2. The molecule has 0 nitrogen and oxygen atoms in total. The molecule has 0 radical (unpaired) electrons. The average Bonchev–Trinajstić information content (AvgIpc) is 2.68. The molecule has 0 fully saturated rings. The lowest BCUT2D eigenvalue weighted by atomic mass is 9.95. The molecule has 0 aromatic heterocycles. The summed E-state index contributed by atoms with van der Waals surface area (Å²) >= 11 is 0. The first-order valence-corrected chi connectivity index (χ1v) is 5.87. The lowest BCUT2D eigenvalue weighted by molar-refractivity contribution is 1.06. The maximum absolute atomic E-state index is 2.30. The predicted molar refractivity (Wildman–Crippen MR) is 69.1 cm³/mol. The van der Waals surface area contributed by atoms with Gasteiger partial charge in [0.15, 0.2) is 0 Å². The third-order valence-electron chi connectivity index (χ3n) is 3.69. The highest BCUT2D eigenvalue weighted by molar-refractivity contribution is 6.16. The Bertz CT molecular complexity index is 652. The van der Waals surface area contributed by atoms with Crippen LogP contribution in [0.2, 0.25) is 0 Å². The van der Waals surface area contributed by atoms with E-state index in [2.05, 4.69) is 48.6 Å². The predicted octanol–water partition coefficient (Wildman–Crippen LogP) is 4.41. The summed E-state index contributed by atoms with van der Waals surface area (Å²) in [6.07, 6.45) is 6.97. The van der Waals surface area contributed by atoms with Gasteiger partial charge in [-0.15, -0.1) is 0 Å². The monoisotopic (exact) mass is 204 g/mol. The van der Waals surface area contributed by atoms with E-state index < -0.39 is 0 Å². The number of benzene rings is 2. The molecule has 0 heteroatoms. The van der Waals surface area contributed by atoms with Crippen LogP contribution in [0, 0.1) is 0 Å². The van der Waals surface area contributed by atoms with Gasteiger partial charge in [-0.2, -0.15) is 0 Å². The quantitative estimate of drug-likeness (QED) is 0.596. The van der Waals surface area contributed by atoms with Crippen LogP contribution in [0.15, 0.2) is 48.6 Å². The summed E-state index contributed by atoms with van der Waals surface area (Å²) in [5.41, 5.74) is 5.90. The highest BCUT2D eigenvalue weighted by atomic mass is 14.3. The van der Waals surface area contributed by atoms with Gasteiger partial charge in [0, 0.05) is 0 Å².